The normalized spacial score (nSPS) is 24.2. The SMILES string of the molecule is CC(C)(C)OC(=O)N1[C@@H](CC2C=C(Oc3ccccc3)C(=O)CC2)COC1(C)C. The molecule has 158 valence electrons. The van der Waals surface area contributed by atoms with E-state index < -0.39 is 11.3 Å². The quantitative estimate of drug-likeness (QED) is 0.732. The van der Waals surface area contributed by atoms with Gasteiger partial charge in [0, 0.05) is 6.42 Å². The van der Waals surface area contributed by atoms with Gasteiger partial charge in [-0.15, -0.1) is 0 Å². The zero-order valence-corrected chi connectivity index (χ0v) is 17.9. The number of rotatable bonds is 4. The molecule has 1 amide bonds. The van der Waals surface area contributed by atoms with Crippen LogP contribution in [0.2, 0.25) is 0 Å². The number of benzene rings is 1. The van der Waals surface area contributed by atoms with Crippen LogP contribution in [0.1, 0.15) is 53.9 Å². The third-order valence-electron chi connectivity index (χ3n) is 5.11. The van der Waals surface area contributed by atoms with Crippen molar-refractivity contribution >= 4 is 11.9 Å². The topological polar surface area (TPSA) is 65.1 Å². The summed E-state index contributed by atoms with van der Waals surface area (Å²) >= 11 is 0. The molecule has 0 N–H and O–H groups in total. The molecule has 1 unspecified atom stereocenters. The molecule has 1 aromatic carbocycles. The van der Waals surface area contributed by atoms with Crippen molar-refractivity contribution in [2.45, 2.75) is 71.2 Å². The van der Waals surface area contributed by atoms with Crippen molar-refractivity contribution in [1.29, 1.82) is 0 Å². The number of ether oxygens (including phenoxy) is 3. The Hall–Kier alpha value is -2.34. The Kier molecular flexibility index (Phi) is 6.03. The number of hydrogen-bond donors (Lipinski definition) is 0. The molecule has 29 heavy (non-hydrogen) atoms. The van der Waals surface area contributed by atoms with Crippen molar-refractivity contribution in [2.24, 2.45) is 5.92 Å². The second-order valence-electron chi connectivity index (χ2n) is 9.17. The second-order valence-corrected chi connectivity index (χ2v) is 9.17. The van der Waals surface area contributed by atoms with Crippen molar-refractivity contribution < 1.29 is 23.8 Å². The molecule has 0 bridgehead atoms. The van der Waals surface area contributed by atoms with Gasteiger partial charge in [-0.05, 0) is 71.6 Å². The molecule has 3 rings (SSSR count). The van der Waals surface area contributed by atoms with E-state index in [1.807, 2.05) is 71.0 Å². The van der Waals surface area contributed by atoms with Crippen molar-refractivity contribution in [3.8, 4) is 5.75 Å². The van der Waals surface area contributed by atoms with Crippen LogP contribution in [-0.4, -0.2) is 40.8 Å². The molecule has 1 aromatic rings. The van der Waals surface area contributed by atoms with E-state index in [0.29, 0.717) is 31.0 Å². The summed E-state index contributed by atoms with van der Waals surface area (Å²) < 4.78 is 17.3. The zero-order valence-electron chi connectivity index (χ0n) is 17.9. The fourth-order valence-corrected chi connectivity index (χ4v) is 3.81. The molecule has 1 saturated heterocycles. The lowest BCUT2D eigenvalue weighted by atomic mass is 9.88. The molecule has 0 radical (unpaired) electrons. The fourth-order valence-electron chi connectivity index (χ4n) is 3.81. The van der Waals surface area contributed by atoms with Gasteiger partial charge in [0.15, 0.2) is 11.5 Å². The largest absolute Gasteiger partial charge is 0.454 e. The van der Waals surface area contributed by atoms with Crippen LogP contribution >= 0.6 is 0 Å². The van der Waals surface area contributed by atoms with Crippen LogP contribution in [0, 0.1) is 5.92 Å². The van der Waals surface area contributed by atoms with Gasteiger partial charge >= 0.3 is 6.09 Å². The smallest absolute Gasteiger partial charge is 0.412 e. The minimum atomic E-state index is -0.732. The fraction of sp³-hybridized carbons (Fsp3) is 0.565. The molecule has 6 nitrogen and oxygen atoms in total. The standard InChI is InChI=1S/C23H31NO5/c1-22(2,3)29-21(26)24-17(15-27-23(24,4)5)13-16-11-12-19(25)20(14-16)28-18-9-7-6-8-10-18/h6-10,14,16-17H,11-13,15H2,1-5H3/t16?,17-/m0/s1. The van der Waals surface area contributed by atoms with Crippen LogP contribution in [0.5, 0.6) is 5.75 Å². The Morgan fingerprint density at radius 1 is 1.24 bits per heavy atom. The van der Waals surface area contributed by atoms with Crippen LogP contribution in [-0.2, 0) is 14.3 Å². The third kappa shape index (κ3) is 5.38. The van der Waals surface area contributed by atoms with E-state index in [9.17, 15) is 9.59 Å². The monoisotopic (exact) mass is 401 g/mol. The molecule has 0 saturated carbocycles. The second kappa shape index (κ2) is 8.19. The maximum atomic E-state index is 12.8. The molecule has 2 aliphatic rings. The first-order valence-electron chi connectivity index (χ1n) is 10.2. The van der Waals surface area contributed by atoms with E-state index in [0.717, 1.165) is 6.42 Å². The minimum absolute atomic E-state index is 0.0112. The van der Waals surface area contributed by atoms with Crippen molar-refractivity contribution in [3.05, 3.63) is 42.2 Å². The number of Topliss-reactive ketones (excluding diaryl/α,β-unsaturated/α-hetero) is 1. The number of nitrogens with zero attached hydrogens (tertiary/aromatic N) is 1. The molecule has 0 aromatic heterocycles. The highest BCUT2D eigenvalue weighted by molar-refractivity contribution is 5.94. The van der Waals surface area contributed by atoms with Gasteiger partial charge in [-0.2, -0.15) is 0 Å². The van der Waals surface area contributed by atoms with Crippen LogP contribution in [0.3, 0.4) is 0 Å². The minimum Gasteiger partial charge on any atom is -0.454 e. The summed E-state index contributed by atoms with van der Waals surface area (Å²) in [5, 5.41) is 0. The molecule has 1 aliphatic heterocycles. The average Bonchev–Trinajstić information content (AvgIpc) is 2.91. The van der Waals surface area contributed by atoms with Gasteiger partial charge in [-0.1, -0.05) is 18.2 Å². The average molecular weight is 402 g/mol. The Morgan fingerprint density at radius 2 is 1.93 bits per heavy atom. The third-order valence-corrected chi connectivity index (χ3v) is 5.11. The Bertz CT molecular complexity index is 778. The van der Waals surface area contributed by atoms with Gasteiger partial charge in [0.2, 0.25) is 0 Å². The van der Waals surface area contributed by atoms with E-state index in [1.165, 1.54) is 0 Å². The highest BCUT2D eigenvalue weighted by Crippen LogP contribution is 2.35. The van der Waals surface area contributed by atoms with Crippen LogP contribution in [0.25, 0.3) is 0 Å². The van der Waals surface area contributed by atoms with E-state index in [-0.39, 0.29) is 23.8 Å². The molecule has 1 heterocycles. The number of carbonyl (C=O) groups is 2. The lowest BCUT2D eigenvalue weighted by Crippen LogP contribution is -2.50. The number of carbonyl (C=O) groups excluding carboxylic acids is 2. The first-order chi connectivity index (χ1) is 13.5. The van der Waals surface area contributed by atoms with Crippen LogP contribution < -0.4 is 4.74 Å². The lowest BCUT2D eigenvalue weighted by Gasteiger charge is -2.36. The van der Waals surface area contributed by atoms with Gasteiger partial charge in [-0.3, -0.25) is 9.69 Å². The number of ketones is 1. The van der Waals surface area contributed by atoms with Gasteiger partial charge in [0.25, 0.3) is 0 Å². The van der Waals surface area contributed by atoms with Crippen molar-refractivity contribution in [2.75, 3.05) is 6.61 Å². The Morgan fingerprint density at radius 3 is 2.59 bits per heavy atom. The van der Waals surface area contributed by atoms with E-state index in [1.54, 1.807) is 4.90 Å². The molecule has 0 spiro atoms. The molecule has 1 aliphatic carbocycles. The first-order valence-corrected chi connectivity index (χ1v) is 10.2. The summed E-state index contributed by atoms with van der Waals surface area (Å²) in [6, 6.07) is 9.19. The number of hydrogen-bond acceptors (Lipinski definition) is 5. The zero-order chi connectivity index (χ0) is 21.2. The summed E-state index contributed by atoms with van der Waals surface area (Å²) in [4.78, 5) is 26.8. The summed E-state index contributed by atoms with van der Waals surface area (Å²) in [6.45, 7) is 9.76. The number of para-hydroxylation sites is 1. The maximum absolute atomic E-state index is 12.8. The predicted molar refractivity (Wildman–Crippen MR) is 109 cm³/mol. The summed E-state index contributed by atoms with van der Waals surface area (Å²) in [6.07, 6.45) is 3.39. The van der Waals surface area contributed by atoms with Crippen molar-refractivity contribution in [1.82, 2.24) is 4.90 Å². The molecule has 2 atom stereocenters. The number of amides is 1. The lowest BCUT2D eigenvalue weighted by molar-refractivity contribution is -0.118. The molecular formula is C23H31NO5. The van der Waals surface area contributed by atoms with Gasteiger partial charge < -0.3 is 14.2 Å². The van der Waals surface area contributed by atoms with E-state index in [2.05, 4.69) is 0 Å². The van der Waals surface area contributed by atoms with E-state index in [4.69, 9.17) is 14.2 Å². The van der Waals surface area contributed by atoms with E-state index >= 15 is 0 Å². The Labute approximate surface area is 172 Å². The van der Waals surface area contributed by atoms with Gasteiger partial charge in [0.05, 0.1) is 12.6 Å². The predicted octanol–water partition coefficient (Wildman–Crippen LogP) is 4.69. The van der Waals surface area contributed by atoms with Crippen LogP contribution in [0.15, 0.2) is 42.2 Å². The van der Waals surface area contributed by atoms with Gasteiger partial charge in [-0.25, -0.2) is 4.79 Å². The highest BCUT2D eigenvalue weighted by atomic mass is 16.6. The van der Waals surface area contributed by atoms with Crippen LogP contribution in [0.4, 0.5) is 4.79 Å². The van der Waals surface area contributed by atoms with Gasteiger partial charge in [0.1, 0.15) is 17.1 Å². The molecular weight excluding hydrogens is 370 g/mol. The summed E-state index contributed by atoms with van der Waals surface area (Å²) in [7, 11) is 0. The Balaban J connectivity index is 1.73. The summed E-state index contributed by atoms with van der Waals surface area (Å²) in [5.41, 5.74) is -1.31. The number of allylic oxidation sites excluding steroid dienone is 2. The highest BCUT2D eigenvalue weighted by Gasteiger charge is 2.46. The molecule has 1 fully saturated rings. The first kappa shape index (κ1) is 21.4. The van der Waals surface area contributed by atoms with Crippen molar-refractivity contribution in [3.63, 3.8) is 0 Å². The summed E-state index contributed by atoms with van der Waals surface area (Å²) in [5.74, 6) is 1.17. The maximum Gasteiger partial charge on any atom is 0.412 e. The molecule has 6 heteroatoms.